The van der Waals surface area contributed by atoms with Crippen LogP contribution in [-0.2, 0) is 0 Å². The number of benzene rings is 1. The van der Waals surface area contributed by atoms with Crippen molar-refractivity contribution < 1.29 is 9.59 Å². The van der Waals surface area contributed by atoms with E-state index in [1.807, 2.05) is 0 Å². The largest absolute Gasteiger partial charge is 0.310 e. The van der Waals surface area contributed by atoms with Crippen LogP contribution in [0.15, 0.2) is 35.4 Å². The second-order valence-corrected chi connectivity index (χ2v) is 4.95. The molecule has 18 heavy (non-hydrogen) atoms. The first kappa shape index (κ1) is 11.3. The molecule has 0 heterocycles. The minimum Gasteiger partial charge on any atom is -0.310 e. The first-order valence-corrected chi connectivity index (χ1v) is 6.02. The minimum absolute atomic E-state index is 0.0971. The molecule has 2 aliphatic carbocycles. The number of nitrogens with two attached hydrogens (primary N) is 2. The van der Waals surface area contributed by atoms with Crippen LogP contribution in [0, 0.1) is 0 Å². The van der Waals surface area contributed by atoms with Crippen LogP contribution >= 0.6 is 0 Å². The van der Waals surface area contributed by atoms with E-state index in [2.05, 4.69) is 0 Å². The van der Waals surface area contributed by atoms with Crippen molar-refractivity contribution in [2.75, 3.05) is 0 Å². The summed E-state index contributed by atoms with van der Waals surface area (Å²) in [6.07, 6.45) is 1.87. The zero-order chi connectivity index (χ0) is 12.9. The Labute approximate surface area is 105 Å². The summed E-state index contributed by atoms with van der Waals surface area (Å²) in [5.41, 5.74) is 12.5. The molecule has 0 fully saturated rings. The zero-order valence-corrected chi connectivity index (χ0v) is 9.90. The van der Waals surface area contributed by atoms with Gasteiger partial charge in [0, 0.05) is 22.3 Å². The molecule has 4 nitrogen and oxygen atoms in total. The average Bonchev–Trinajstić information content (AvgIpc) is 2.35. The van der Waals surface area contributed by atoms with Crippen molar-refractivity contribution >= 4 is 11.6 Å². The molecule has 0 saturated carbocycles. The monoisotopic (exact) mass is 242 g/mol. The highest BCUT2D eigenvalue weighted by Crippen LogP contribution is 2.37. The highest BCUT2D eigenvalue weighted by molar-refractivity contribution is 6.27. The third kappa shape index (κ3) is 1.39. The van der Waals surface area contributed by atoms with Gasteiger partial charge in [0.05, 0.1) is 5.66 Å². The average molecular weight is 242 g/mol. The fourth-order valence-corrected chi connectivity index (χ4v) is 2.84. The molecule has 1 aromatic carbocycles. The summed E-state index contributed by atoms with van der Waals surface area (Å²) in [6, 6.07) is 6.84. The van der Waals surface area contributed by atoms with Gasteiger partial charge in [-0.1, -0.05) is 24.3 Å². The van der Waals surface area contributed by atoms with Crippen molar-refractivity contribution in [1.82, 2.24) is 0 Å². The Morgan fingerprint density at radius 1 is 1.00 bits per heavy atom. The number of carbonyl (C=O) groups excluding carboxylic acids is 2. The number of fused-ring (bicyclic) bond motifs is 1. The molecule has 0 radical (unpaired) electrons. The first-order chi connectivity index (χ1) is 8.52. The second kappa shape index (κ2) is 3.60. The number of hydrogen-bond donors (Lipinski definition) is 2. The van der Waals surface area contributed by atoms with E-state index in [0.717, 1.165) is 6.42 Å². The van der Waals surface area contributed by atoms with Crippen molar-refractivity contribution in [3.63, 3.8) is 0 Å². The molecule has 2 aliphatic rings. The first-order valence-electron chi connectivity index (χ1n) is 6.02. The van der Waals surface area contributed by atoms with Gasteiger partial charge in [-0.25, -0.2) is 0 Å². The molecule has 92 valence electrons. The minimum atomic E-state index is -1.17. The number of ketones is 2. The molecule has 0 aromatic heterocycles. The van der Waals surface area contributed by atoms with Crippen LogP contribution in [-0.4, -0.2) is 17.2 Å². The number of hydrogen-bond acceptors (Lipinski definition) is 4. The Morgan fingerprint density at radius 3 is 2.28 bits per heavy atom. The molecule has 0 amide bonds. The van der Waals surface area contributed by atoms with Gasteiger partial charge in [-0.2, -0.15) is 0 Å². The van der Waals surface area contributed by atoms with Crippen LogP contribution < -0.4 is 11.5 Å². The lowest BCUT2D eigenvalue weighted by atomic mass is 9.73. The molecule has 4 N–H and O–H groups in total. The van der Waals surface area contributed by atoms with Crippen LogP contribution in [0.5, 0.6) is 0 Å². The van der Waals surface area contributed by atoms with E-state index in [1.54, 1.807) is 24.3 Å². The van der Waals surface area contributed by atoms with Crippen LogP contribution in [0.25, 0.3) is 0 Å². The number of carbonyl (C=O) groups is 2. The topological polar surface area (TPSA) is 86.2 Å². The SMILES string of the molecule is NC1(N)CCCC2=C1C(=O)c1ccccc1C2=O. The summed E-state index contributed by atoms with van der Waals surface area (Å²) < 4.78 is 0. The third-order valence-electron chi connectivity index (χ3n) is 3.70. The molecular weight excluding hydrogens is 228 g/mol. The lowest BCUT2D eigenvalue weighted by Gasteiger charge is -2.35. The summed E-state index contributed by atoms with van der Waals surface area (Å²) in [6.45, 7) is 0. The molecular formula is C14H14N2O2. The van der Waals surface area contributed by atoms with Gasteiger partial charge in [-0.15, -0.1) is 0 Å². The van der Waals surface area contributed by atoms with Gasteiger partial charge in [0.15, 0.2) is 11.6 Å². The Bertz CT molecular complexity index is 600. The molecule has 0 atom stereocenters. The van der Waals surface area contributed by atoms with E-state index < -0.39 is 5.66 Å². The molecule has 1 aromatic rings. The van der Waals surface area contributed by atoms with Gasteiger partial charge in [-0.05, 0) is 19.3 Å². The summed E-state index contributed by atoms with van der Waals surface area (Å²) in [5.74, 6) is -0.287. The maximum absolute atomic E-state index is 12.4. The second-order valence-electron chi connectivity index (χ2n) is 4.95. The van der Waals surface area contributed by atoms with Crippen molar-refractivity contribution in [3.05, 3.63) is 46.5 Å². The van der Waals surface area contributed by atoms with E-state index in [-0.39, 0.29) is 11.6 Å². The van der Waals surface area contributed by atoms with E-state index in [0.29, 0.717) is 35.1 Å². The smallest absolute Gasteiger partial charge is 0.193 e. The normalized spacial score (nSPS) is 21.7. The zero-order valence-electron chi connectivity index (χ0n) is 9.90. The van der Waals surface area contributed by atoms with Gasteiger partial charge >= 0.3 is 0 Å². The van der Waals surface area contributed by atoms with Crippen LogP contribution in [0.4, 0.5) is 0 Å². The predicted octanol–water partition coefficient (Wildman–Crippen LogP) is 1.16. The van der Waals surface area contributed by atoms with Crippen molar-refractivity contribution in [3.8, 4) is 0 Å². The Morgan fingerprint density at radius 2 is 1.61 bits per heavy atom. The van der Waals surface area contributed by atoms with Crippen molar-refractivity contribution in [2.45, 2.75) is 24.9 Å². The molecule has 0 aliphatic heterocycles. The van der Waals surface area contributed by atoms with Crippen LogP contribution in [0.2, 0.25) is 0 Å². The standard InChI is InChI=1S/C14H14N2O2/c15-14(16)7-3-6-10-11(14)13(18)9-5-2-1-4-8(9)12(10)17/h1-2,4-5H,3,6-7,15-16H2. The van der Waals surface area contributed by atoms with E-state index in [4.69, 9.17) is 11.5 Å². The molecule has 0 spiro atoms. The highest BCUT2D eigenvalue weighted by atomic mass is 16.1. The lowest BCUT2D eigenvalue weighted by molar-refractivity contribution is 0.0950. The van der Waals surface area contributed by atoms with Crippen LogP contribution in [0.3, 0.4) is 0 Å². The summed E-state index contributed by atoms with van der Waals surface area (Å²) in [7, 11) is 0. The Kier molecular flexibility index (Phi) is 2.27. The van der Waals surface area contributed by atoms with Crippen molar-refractivity contribution in [1.29, 1.82) is 0 Å². The maximum atomic E-state index is 12.4. The fraction of sp³-hybridized carbons (Fsp3) is 0.286. The predicted molar refractivity (Wildman–Crippen MR) is 67.1 cm³/mol. The number of Topliss-reactive ketones (excluding diaryl/α,β-unsaturated/α-hetero) is 2. The fourth-order valence-electron chi connectivity index (χ4n) is 2.84. The summed E-state index contributed by atoms with van der Waals surface area (Å²) >= 11 is 0. The van der Waals surface area contributed by atoms with Gasteiger partial charge < -0.3 is 11.5 Å². The summed E-state index contributed by atoms with van der Waals surface area (Å²) in [4.78, 5) is 24.8. The van der Waals surface area contributed by atoms with E-state index >= 15 is 0 Å². The lowest BCUT2D eigenvalue weighted by Crippen LogP contribution is -2.56. The molecule has 0 bridgehead atoms. The van der Waals surface area contributed by atoms with Crippen LogP contribution in [0.1, 0.15) is 40.0 Å². The maximum Gasteiger partial charge on any atom is 0.193 e. The van der Waals surface area contributed by atoms with Gasteiger partial charge in [0.2, 0.25) is 0 Å². The van der Waals surface area contributed by atoms with E-state index in [9.17, 15) is 9.59 Å². The Balaban J connectivity index is 2.27. The molecule has 4 heteroatoms. The third-order valence-corrected chi connectivity index (χ3v) is 3.70. The number of rotatable bonds is 0. The van der Waals surface area contributed by atoms with Gasteiger partial charge in [0.1, 0.15) is 0 Å². The molecule has 3 rings (SSSR count). The number of allylic oxidation sites excluding steroid dienone is 1. The van der Waals surface area contributed by atoms with E-state index in [1.165, 1.54) is 0 Å². The van der Waals surface area contributed by atoms with Gasteiger partial charge in [0.25, 0.3) is 0 Å². The van der Waals surface area contributed by atoms with Gasteiger partial charge in [-0.3, -0.25) is 9.59 Å². The highest BCUT2D eigenvalue weighted by Gasteiger charge is 2.42. The molecule has 0 unspecified atom stereocenters. The Hall–Kier alpha value is -1.78. The molecule has 0 saturated heterocycles. The van der Waals surface area contributed by atoms with Crippen molar-refractivity contribution in [2.24, 2.45) is 11.5 Å². The quantitative estimate of drug-likeness (QED) is 0.668. The summed E-state index contributed by atoms with van der Waals surface area (Å²) in [5, 5.41) is 0.